The molecular formula is C14H28N2O5. The molecule has 0 heterocycles. The lowest BCUT2D eigenvalue weighted by molar-refractivity contribution is 0.0311. The van der Waals surface area contributed by atoms with Gasteiger partial charge in [0, 0.05) is 13.2 Å². The Bertz CT molecular complexity index is 341. The van der Waals surface area contributed by atoms with Gasteiger partial charge in [0.25, 0.3) is 0 Å². The van der Waals surface area contributed by atoms with Gasteiger partial charge in [-0.2, -0.15) is 0 Å². The molecule has 0 spiro atoms. The first kappa shape index (κ1) is 19.5. The molecule has 7 nitrogen and oxygen atoms in total. The highest BCUT2D eigenvalue weighted by atomic mass is 16.6. The SMILES string of the molecule is CC[C@H](C)[C@H](CO)CCN(NC(=O)OC(C)(C)C)C(=O)O. The van der Waals surface area contributed by atoms with Crippen LogP contribution in [0.25, 0.3) is 0 Å². The fourth-order valence-electron chi connectivity index (χ4n) is 1.79. The zero-order chi connectivity index (χ0) is 16.6. The number of carboxylic acid groups (broad SMARTS) is 1. The molecule has 124 valence electrons. The van der Waals surface area contributed by atoms with E-state index in [9.17, 15) is 14.7 Å². The minimum Gasteiger partial charge on any atom is -0.464 e. The van der Waals surface area contributed by atoms with E-state index in [0.29, 0.717) is 6.42 Å². The van der Waals surface area contributed by atoms with Gasteiger partial charge in [0.15, 0.2) is 0 Å². The minimum absolute atomic E-state index is 0.00251. The van der Waals surface area contributed by atoms with E-state index in [-0.39, 0.29) is 25.0 Å². The normalized spacial score (nSPS) is 14.2. The number of nitrogens with one attached hydrogen (secondary N) is 1. The first-order valence-electron chi connectivity index (χ1n) is 7.21. The topological polar surface area (TPSA) is 99.1 Å². The molecule has 0 unspecified atom stereocenters. The number of carbonyl (C=O) groups excluding carboxylic acids is 1. The van der Waals surface area contributed by atoms with E-state index in [1.807, 2.05) is 13.8 Å². The zero-order valence-electron chi connectivity index (χ0n) is 13.5. The largest absolute Gasteiger partial charge is 0.464 e. The average Bonchev–Trinajstić information content (AvgIpc) is 2.35. The quantitative estimate of drug-likeness (QED) is 0.655. The molecule has 3 N–H and O–H groups in total. The van der Waals surface area contributed by atoms with Crippen molar-refractivity contribution in [1.82, 2.24) is 10.4 Å². The van der Waals surface area contributed by atoms with Gasteiger partial charge >= 0.3 is 12.2 Å². The first-order valence-corrected chi connectivity index (χ1v) is 7.21. The number of aliphatic hydroxyl groups excluding tert-OH is 1. The number of hydrogen-bond donors (Lipinski definition) is 3. The fourth-order valence-corrected chi connectivity index (χ4v) is 1.79. The average molecular weight is 304 g/mol. The van der Waals surface area contributed by atoms with Crippen LogP contribution in [0.15, 0.2) is 0 Å². The molecule has 21 heavy (non-hydrogen) atoms. The van der Waals surface area contributed by atoms with Gasteiger partial charge in [0.1, 0.15) is 5.60 Å². The summed E-state index contributed by atoms with van der Waals surface area (Å²) >= 11 is 0. The number of nitrogens with zero attached hydrogens (tertiary/aromatic N) is 1. The summed E-state index contributed by atoms with van der Waals surface area (Å²) in [5.74, 6) is 0.282. The summed E-state index contributed by atoms with van der Waals surface area (Å²) in [6, 6.07) is 0. The monoisotopic (exact) mass is 304 g/mol. The molecule has 0 rings (SSSR count). The smallest absolute Gasteiger partial charge is 0.426 e. The fraction of sp³-hybridized carbons (Fsp3) is 0.857. The lowest BCUT2D eigenvalue weighted by atomic mass is 9.90. The van der Waals surface area contributed by atoms with Gasteiger partial charge in [-0.1, -0.05) is 20.3 Å². The van der Waals surface area contributed by atoms with Gasteiger partial charge < -0.3 is 14.9 Å². The van der Waals surface area contributed by atoms with E-state index in [1.54, 1.807) is 20.8 Å². The lowest BCUT2D eigenvalue weighted by Gasteiger charge is -2.26. The molecule has 0 fully saturated rings. The molecule has 0 aromatic heterocycles. The third kappa shape index (κ3) is 8.39. The van der Waals surface area contributed by atoms with Crippen molar-refractivity contribution in [2.75, 3.05) is 13.2 Å². The Labute approximate surface area is 126 Å². The van der Waals surface area contributed by atoms with E-state index >= 15 is 0 Å². The summed E-state index contributed by atoms with van der Waals surface area (Å²) in [6.45, 7) is 9.21. The van der Waals surface area contributed by atoms with Crippen LogP contribution in [-0.4, -0.2) is 46.2 Å². The molecular weight excluding hydrogens is 276 g/mol. The summed E-state index contributed by atoms with van der Waals surface area (Å²) in [4.78, 5) is 22.7. The van der Waals surface area contributed by atoms with Gasteiger partial charge in [-0.25, -0.2) is 20.0 Å². The molecule has 0 saturated carbocycles. The van der Waals surface area contributed by atoms with Gasteiger partial charge in [0.05, 0.1) is 0 Å². The van der Waals surface area contributed by atoms with Crippen molar-refractivity contribution in [2.24, 2.45) is 11.8 Å². The Balaban J connectivity index is 4.50. The second kappa shape index (κ2) is 8.71. The van der Waals surface area contributed by atoms with Crippen molar-refractivity contribution in [1.29, 1.82) is 0 Å². The van der Waals surface area contributed by atoms with Crippen molar-refractivity contribution in [3.8, 4) is 0 Å². The Kier molecular flexibility index (Phi) is 8.09. The van der Waals surface area contributed by atoms with Crippen LogP contribution in [0.3, 0.4) is 0 Å². The third-order valence-electron chi connectivity index (χ3n) is 3.26. The van der Waals surface area contributed by atoms with Gasteiger partial charge in [-0.3, -0.25) is 0 Å². The molecule has 0 aliphatic carbocycles. The number of hydrazine groups is 1. The Hall–Kier alpha value is -1.50. The number of carbonyl (C=O) groups is 2. The summed E-state index contributed by atoms with van der Waals surface area (Å²) < 4.78 is 5.02. The minimum atomic E-state index is -1.26. The standard InChI is InChI=1S/C14H28N2O5/c1-6-10(2)11(9-17)7-8-16(13(19)20)15-12(18)21-14(3,4)5/h10-11,17H,6-9H2,1-5H3,(H,15,18)(H,19,20)/t10-,11-/m0/s1. The van der Waals surface area contributed by atoms with Gasteiger partial charge in [0.2, 0.25) is 0 Å². The predicted molar refractivity (Wildman–Crippen MR) is 78.7 cm³/mol. The molecule has 0 aromatic carbocycles. The number of hydrogen-bond acceptors (Lipinski definition) is 4. The maximum atomic E-state index is 11.6. The van der Waals surface area contributed by atoms with Crippen LogP contribution >= 0.6 is 0 Å². The van der Waals surface area contributed by atoms with E-state index in [4.69, 9.17) is 9.84 Å². The van der Waals surface area contributed by atoms with Crippen molar-refractivity contribution >= 4 is 12.2 Å². The predicted octanol–water partition coefficient (Wildman–Crippen LogP) is 2.45. The van der Waals surface area contributed by atoms with Gasteiger partial charge in [-0.05, 0) is 39.0 Å². The summed E-state index contributed by atoms with van der Waals surface area (Å²) in [5, 5.41) is 19.2. The molecule has 2 atom stereocenters. The molecule has 0 aromatic rings. The first-order chi connectivity index (χ1) is 9.60. The molecule has 0 radical (unpaired) electrons. The van der Waals surface area contributed by atoms with Crippen LogP contribution in [0.1, 0.15) is 47.5 Å². The highest BCUT2D eigenvalue weighted by Crippen LogP contribution is 2.18. The second-order valence-electron chi connectivity index (χ2n) is 6.16. The van der Waals surface area contributed by atoms with Crippen LogP contribution in [0.2, 0.25) is 0 Å². The summed E-state index contributed by atoms with van der Waals surface area (Å²) in [7, 11) is 0. The van der Waals surface area contributed by atoms with Crippen molar-refractivity contribution in [3.05, 3.63) is 0 Å². The van der Waals surface area contributed by atoms with Crippen molar-refractivity contribution in [3.63, 3.8) is 0 Å². The van der Waals surface area contributed by atoms with Crippen LogP contribution in [0.4, 0.5) is 9.59 Å². The summed E-state index contributed by atoms with van der Waals surface area (Å²) in [5.41, 5.74) is 1.50. The van der Waals surface area contributed by atoms with E-state index in [1.165, 1.54) is 0 Å². The molecule has 0 aliphatic rings. The molecule has 2 amide bonds. The van der Waals surface area contributed by atoms with Crippen molar-refractivity contribution in [2.45, 2.75) is 53.1 Å². The van der Waals surface area contributed by atoms with E-state index < -0.39 is 17.8 Å². The number of amides is 2. The molecule has 0 aliphatic heterocycles. The van der Waals surface area contributed by atoms with E-state index in [2.05, 4.69) is 5.43 Å². The van der Waals surface area contributed by atoms with Crippen LogP contribution in [0, 0.1) is 11.8 Å². The Morgan fingerprint density at radius 3 is 2.29 bits per heavy atom. The molecule has 7 heteroatoms. The van der Waals surface area contributed by atoms with Crippen LogP contribution in [0.5, 0.6) is 0 Å². The van der Waals surface area contributed by atoms with E-state index in [0.717, 1.165) is 11.4 Å². The number of aliphatic hydroxyl groups is 1. The number of rotatable bonds is 6. The third-order valence-corrected chi connectivity index (χ3v) is 3.26. The second-order valence-corrected chi connectivity index (χ2v) is 6.16. The lowest BCUT2D eigenvalue weighted by Crippen LogP contribution is -2.48. The van der Waals surface area contributed by atoms with Crippen LogP contribution in [-0.2, 0) is 4.74 Å². The maximum Gasteiger partial charge on any atom is 0.426 e. The molecule has 0 bridgehead atoms. The number of ether oxygens (including phenoxy) is 1. The highest BCUT2D eigenvalue weighted by molar-refractivity contribution is 5.73. The molecule has 0 saturated heterocycles. The Morgan fingerprint density at radius 2 is 1.90 bits per heavy atom. The van der Waals surface area contributed by atoms with Crippen molar-refractivity contribution < 1.29 is 24.5 Å². The van der Waals surface area contributed by atoms with Crippen LogP contribution < -0.4 is 5.43 Å². The maximum absolute atomic E-state index is 11.6. The van der Waals surface area contributed by atoms with Gasteiger partial charge in [-0.15, -0.1) is 0 Å². The Morgan fingerprint density at radius 1 is 1.33 bits per heavy atom. The zero-order valence-corrected chi connectivity index (χ0v) is 13.5. The summed E-state index contributed by atoms with van der Waals surface area (Å²) in [6.07, 6.45) is -0.707. The highest BCUT2D eigenvalue weighted by Gasteiger charge is 2.23.